The summed E-state index contributed by atoms with van der Waals surface area (Å²) >= 11 is 3.21. The Morgan fingerprint density at radius 2 is 1.90 bits per heavy atom. The summed E-state index contributed by atoms with van der Waals surface area (Å²) in [6, 6.07) is 9.11. The largest absolute Gasteiger partial charge is 0.497 e. The number of carbonyl (C=O) groups is 1. The number of ether oxygens (including phenoxy) is 2. The molecule has 6 heteroatoms. The molecule has 0 aliphatic carbocycles. The van der Waals surface area contributed by atoms with E-state index in [9.17, 15) is 9.18 Å². The molecule has 21 heavy (non-hydrogen) atoms. The molecule has 0 unspecified atom stereocenters. The number of methoxy groups -OCH3 is 2. The fourth-order valence-electron chi connectivity index (χ4n) is 1.76. The van der Waals surface area contributed by atoms with E-state index in [2.05, 4.69) is 21.2 Å². The van der Waals surface area contributed by atoms with E-state index in [1.807, 2.05) is 0 Å². The van der Waals surface area contributed by atoms with E-state index in [-0.39, 0.29) is 5.56 Å². The van der Waals surface area contributed by atoms with Crippen LogP contribution in [-0.4, -0.2) is 20.1 Å². The lowest BCUT2D eigenvalue weighted by Crippen LogP contribution is -2.14. The van der Waals surface area contributed by atoms with Crippen LogP contribution in [0.5, 0.6) is 11.5 Å². The molecule has 0 saturated heterocycles. The number of rotatable bonds is 4. The Kier molecular flexibility index (Phi) is 4.80. The number of amides is 1. The molecule has 0 aliphatic rings. The molecular formula is C15H13BrFNO3. The van der Waals surface area contributed by atoms with E-state index >= 15 is 0 Å². The van der Waals surface area contributed by atoms with Gasteiger partial charge < -0.3 is 14.8 Å². The van der Waals surface area contributed by atoms with E-state index in [1.54, 1.807) is 18.2 Å². The third-order valence-corrected chi connectivity index (χ3v) is 3.32. The highest BCUT2D eigenvalue weighted by atomic mass is 79.9. The number of hydrogen-bond donors (Lipinski definition) is 1. The third-order valence-electron chi connectivity index (χ3n) is 2.83. The lowest BCUT2D eigenvalue weighted by atomic mass is 10.2. The van der Waals surface area contributed by atoms with Crippen molar-refractivity contribution in [1.29, 1.82) is 0 Å². The second kappa shape index (κ2) is 6.58. The molecule has 0 spiro atoms. The average Bonchev–Trinajstić information content (AvgIpc) is 2.49. The van der Waals surface area contributed by atoms with Gasteiger partial charge >= 0.3 is 0 Å². The van der Waals surface area contributed by atoms with Gasteiger partial charge in [-0.05, 0) is 30.3 Å². The number of nitrogens with one attached hydrogen (secondary N) is 1. The maximum absolute atomic E-state index is 13.7. The molecule has 2 aromatic rings. The molecule has 0 aromatic heterocycles. The van der Waals surface area contributed by atoms with Crippen LogP contribution in [0.3, 0.4) is 0 Å². The van der Waals surface area contributed by atoms with Crippen LogP contribution in [-0.2, 0) is 0 Å². The Morgan fingerprint density at radius 1 is 1.14 bits per heavy atom. The fraction of sp³-hybridized carbons (Fsp3) is 0.133. The highest BCUT2D eigenvalue weighted by molar-refractivity contribution is 9.10. The number of anilines is 1. The summed E-state index contributed by atoms with van der Waals surface area (Å²) in [6.45, 7) is 0. The van der Waals surface area contributed by atoms with Crippen molar-refractivity contribution >= 4 is 27.5 Å². The molecule has 0 fully saturated rings. The molecule has 4 nitrogen and oxygen atoms in total. The first-order chi connectivity index (χ1) is 10.0. The number of halogens is 2. The zero-order chi connectivity index (χ0) is 15.4. The van der Waals surface area contributed by atoms with E-state index < -0.39 is 11.7 Å². The Morgan fingerprint density at radius 3 is 2.57 bits per heavy atom. The van der Waals surface area contributed by atoms with Crippen molar-refractivity contribution in [1.82, 2.24) is 0 Å². The topological polar surface area (TPSA) is 47.6 Å². The molecule has 0 bridgehead atoms. The van der Waals surface area contributed by atoms with Crippen molar-refractivity contribution in [2.24, 2.45) is 0 Å². The van der Waals surface area contributed by atoms with Crippen LogP contribution in [0.2, 0.25) is 0 Å². The van der Waals surface area contributed by atoms with Gasteiger partial charge in [0.1, 0.15) is 17.3 Å². The van der Waals surface area contributed by atoms with E-state index in [1.165, 1.54) is 32.4 Å². The minimum Gasteiger partial charge on any atom is -0.497 e. The highest BCUT2D eigenvalue weighted by Gasteiger charge is 2.15. The van der Waals surface area contributed by atoms with Crippen molar-refractivity contribution in [3.63, 3.8) is 0 Å². The van der Waals surface area contributed by atoms with Gasteiger partial charge in [0, 0.05) is 10.5 Å². The van der Waals surface area contributed by atoms with Crippen LogP contribution >= 0.6 is 15.9 Å². The van der Waals surface area contributed by atoms with Crippen molar-refractivity contribution in [3.8, 4) is 11.5 Å². The fourth-order valence-corrected chi connectivity index (χ4v) is 2.12. The molecule has 1 amide bonds. The first-order valence-corrected chi connectivity index (χ1v) is 6.83. The van der Waals surface area contributed by atoms with Crippen molar-refractivity contribution < 1.29 is 18.7 Å². The number of carbonyl (C=O) groups excluding carboxylic acids is 1. The van der Waals surface area contributed by atoms with Crippen LogP contribution in [0.1, 0.15) is 10.4 Å². The molecular weight excluding hydrogens is 341 g/mol. The van der Waals surface area contributed by atoms with Gasteiger partial charge in [-0.15, -0.1) is 0 Å². The summed E-state index contributed by atoms with van der Waals surface area (Å²) in [4.78, 5) is 12.2. The van der Waals surface area contributed by atoms with Gasteiger partial charge in [-0.2, -0.15) is 0 Å². The quantitative estimate of drug-likeness (QED) is 0.907. The summed E-state index contributed by atoms with van der Waals surface area (Å²) in [6.07, 6.45) is 0. The smallest absolute Gasteiger partial charge is 0.258 e. The molecule has 1 N–H and O–H groups in total. The Hall–Kier alpha value is -2.08. The van der Waals surface area contributed by atoms with Crippen LogP contribution in [0.4, 0.5) is 10.1 Å². The van der Waals surface area contributed by atoms with E-state index in [4.69, 9.17) is 9.47 Å². The third kappa shape index (κ3) is 3.52. The monoisotopic (exact) mass is 353 g/mol. The van der Waals surface area contributed by atoms with E-state index in [0.717, 1.165) is 0 Å². The highest BCUT2D eigenvalue weighted by Crippen LogP contribution is 2.29. The van der Waals surface area contributed by atoms with Crippen molar-refractivity contribution in [2.45, 2.75) is 0 Å². The molecule has 0 heterocycles. The normalized spacial score (nSPS) is 10.1. The van der Waals surface area contributed by atoms with Crippen LogP contribution < -0.4 is 14.8 Å². The first kappa shape index (κ1) is 15.3. The molecule has 0 atom stereocenters. The summed E-state index contributed by atoms with van der Waals surface area (Å²) in [5, 5.41) is 2.62. The second-order valence-corrected chi connectivity index (χ2v) is 5.06. The van der Waals surface area contributed by atoms with Gasteiger partial charge in [0.25, 0.3) is 5.91 Å². The van der Waals surface area contributed by atoms with Crippen LogP contribution in [0.25, 0.3) is 0 Å². The average molecular weight is 354 g/mol. The maximum atomic E-state index is 13.7. The predicted octanol–water partition coefficient (Wildman–Crippen LogP) is 3.86. The zero-order valence-corrected chi connectivity index (χ0v) is 13.0. The minimum atomic E-state index is -0.594. The lowest BCUT2D eigenvalue weighted by Gasteiger charge is -2.12. The molecule has 2 aromatic carbocycles. The number of hydrogen-bond acceptors (Lipinski definition) is 3. The van der Waals surface area contributed by atoms with Gasteiger partial charge in [-0.25, -0.2) is 4.39 Å². The molecule has 0 saturated carbocycles. The lowest BCUT2D eigenvalue weighted by molar-refractivity contribution is 0.102. The summed E-state index contributed by atoms with van der Waals surface area (Å²) < 4.78 is 24.6. The first-order valence-electron chi connectivity index (χ1n) is 6.03. The predicted molar refractivity (Wildman–Crippen MR) is 81.6 cm³/mol. The summed E-state index contributed by atoms with van der Waals surface area (Å²) in [5.41, 5.74) is 0.380. The Balaban J connectivity index is 2.29. The Bertz CT molecular complexity index is 676. The Labute approximate surface area is 130 Å². The summed E-state index contributed by atoms with van der Waals surface area (Å²) in [5.74, 6) is -0.128. The van der Waals surface area contributed by atoms with E-state index in [0.29, 0.717) is 21.7 Å². The van der Waals surface area contributed by atoms with Crippen LogP contribution in [0, 0.1) is 5.82 Å². The van der Waals surface area contributed by atoms with Gasteiger partial charge in [-0.1, -0.05) is 15.9 Å². The van der Waals surface area contributed by atoms with Crippen LogP contribution in [0.15, 0.2) is 40.9 Å². The van der Waals surface area contributed by atoms with Crippen molar-refractivity contribution in [3.05, 3.63) is 52.3 Å². The minimum absolute atomic E-state index is 0.0535. The van der Waals surface area contributed by atoms with Crippen molar-refractivity contribution in [2.75, 3.05) is 19.5 Å². The SMILES string of the molecule is COc1ccc(NC(=O)c2cc(Br)ccc2F)c(OC)c1. The van der Waals surface area contributed by atoms with Gasteiger partial charge in [-0.3, -0.25) is 4.79 Å². The molecule has 110 valence electrons. The standard InChI is InChI=1S/C15H13BrFNO3/c1-20-10-4-6-13(14(8-10)21-2)18-15(19)11-7-9(16)3-5-12(11)17/h3-8H,1-2H3,(H,18,19). The maximum Gasteiger partial charge on any atom is 0.258 e. The zero-order valence-electron chi connectivity index (χ0n) is 11.4. The number of benzene rings is 2. The van der Waals surface area contributed by atoms with Gasteiger partial charge in [0.05, 0.1) is 25.5 Å². The summed E-state index contributed by atoms with van der Waals surface area (Å²) in [7, 11) is 3.01. The second-order valence-electron chi connectivity index (χ2n) is 4.14. The molecule has 2 rings (SSSR count). The van der Waals surface area contributed by atoms with Gasteiger partial charge in [0.2, 0.25) is 0 Å². The molecule has 0 aliphatic heterocycles. The molecule has 0 radical (unpaired) electrons. The van der Waals surface area contributed by atoms with Gasteiger partial charge in [0.15, 0.2) is 0 Å².